The van der Waals surface area contributed by atoms with E-state index in [0.29, 0.717) is 25.6 Å². The number of amides is 1. The Morgan fingerprint density at radius 3 is 2.73 bits per heavy atom. The maximum Gasteiger partial charge on any atom is 0.246 e. The van der Waals surface area contributed by atoms with Crippen molar-refractivity contribution in [3.8, 4) is 22.9 Å². The minimum absolute atomic E-state index is 0.0165. The van der Waals surface area contributed by atoms with Crippen LogP contribution in [0.25, 0.3) is 11.4 Å². The highest BCUT2D eigenvalue weighted by Gasteiger charge is 2.31. The summed E-state index contributed by atoms with van der Waals surface area (Å²) in [6, 6.07) is 13.6. The first-order valence-corrected chi connectivity index (χ1v) is 10.7. The zero-order valence-electron chi connectivity index (χ0n) is 16.2. The zero-order chi connectivity index (χ0) is 20.5. The van der Waals surface area contributed by atoms with Crippen LogP contribution in [0.1, 0.15) is 24.4 Å². The van der Waals surface area contributed by atoms with E-state index >= 15 is 0 Å². The van der Waals surface area contributed by atoms with Crippen LogP contribution in [0.5, 0.6) is 11.5 Å². The van der Waals surface area contributed by atoms with Gasteiger partial charge in [0, 0.05) is 16.6 Å². The number of benzene rings is 2. The highest BCUT2D eigenvalue weighted by Crippen LogP contribution is 2.38. The Morgan fingerprint density at radius 2 is 1.90 bits per heavy atom. The van der Waals surface area contributed by atoms with E-state index in [1.165, 1.54) is 4.80 Å². The van der Waals surface area contributed by atoms with E-state index in [0.717, 1.165) is 39.9 Å². The summed E-state index contributed by atoms with van der Waals surface area (Å²) >= 11 is 3.41. The molecule has 1 amide bonds. The SMILES string of the molecule is O=C(Cn1nnc(-c2ccc(Br)cc2)n1)N1CCCC1c1ccc2c(c1)OCCO2. The maximum atomic E-state index is 13.0. The van der Waals surface area contributed by atoms with E-state index in [2.05, 4.69) is 31.3 Å². The largest absolute Gasteiger partial charge is 0.486 e. The van der Waals surface area contributed by atoms with E-state index in [1.807, 2.05) is 47.4 Å². The van der Waals surface area contributed by atoms with Gasteiger partial charge in [-0.05, 0) is 60.0 Å². The van der Waals surface area contributed by atoms with Crippen molar-refractivity contribution in [2.24, 2.45) is 0 Å². The van der Waals surface area contributed by atoms with Crippen LogP contribution in [0, 0.1) is 0 Å². The van der Waals surface area contributed by atoms with Crippen LogP contribution < -0.4 is 9.47 Å². The van der Waals surface area contributed by atoms with Crippen LogP contribution in [0.2, 0.25) is 0 Å². The van der Waals surface area contributed by atoms with Gasteiger partial charge in [0.25, 0.3) is 0 Å². The molecule has 30 heavy (non-hydrogen) atoms. The third-order valence-corrected chi connectivity index (χ3v) is 5.88. The molecule has 0 bridgehead atoms. The Bertz CT molecular complexity index is 1070. The molecule has 1 saturated heterocycles. The molecular weight excluding hydrogens is 450 g/mol. The fourth-order valence-corrected chi connectivity index (χ4v) is 4.18. The van der Waals surface area contributed by atoms with E-state index in [1.54, 1.807) is 0 Å². The second kappa shape index (κ2) is 8.06. The quantitative estimate of drug-likeness (QED) is 0.583. The normalized spacial score (nSPS) is 17.9. The topological polar surface area (TPSA) is 82.4 Å². The van der Waals surface area contributed by atoms with Gasteiger partial charge in [0.05, 0.1) is 6.04 Å². The summed E-state index contributed by atoms with van der Waals surface area (Å²) < 4.78 is 12.3. The number of nitrogens with zero attached hydrogens (tertiary/aromatic N) is 5. The first-order valence-electron chi connectivity index (χ1n) is 9.90. The molecule has 154 valence electrons. The standard InChI is InChI=1S/C21H20BrN5O3/c22-16-6-3-14(4-7-16)21-23-25-27(24-21)13-20(28)26-9-1-2-17(26)15-5-8-18-19(12-15)30-11-10-29-18/h3-8,12,17H,1-2,9-11,13H2. The average molecular weight is 470 g/mol. The molecule has 1 aromatic heterocycles. The second-order valence-electron chi connectivity index (χ2n) is 7.30. The number of likely N-dealkylation sites (tertiary alicyclic amines) is 1. The lowest BCUT2D eigenvalue weighted by molar-refractivity contribution is -0.133. The van der Waals surface area contributed by atoms with Crippen LogP contribution in [-0.4, -0.2) is 50.8 Å². The molecule has 0 radical (unpaired) electrons. The predicted octanol–water partition coefficient (Wildman–Crippen LogP) is 3.24. The molecule has 0 spiro atoms. The summed E-state index contributed by atoms with van der Waals surface area (Å²) in [5.41, 5.74) is 1.92. The summed E-state index contributed by atoms with van der Waals surface area (Å²) in [5, 5.41) is 12.5. The number of hydrogen-bond acceptors (Lipinski definition) is 6. The van der Waals surface area contributed by atoms with Gasteiger partial charge >= 0.3 is 0 Å². The van der Waals surface area contributed by atoms with Gasteiger partial charge in [-0.25, -0.2) is 0 Å². The molecule has 2 aromatic carbocycles. The van der Waals surface area contributed by atoms with Gasteiger partial charge in [-0.15, -0.1) is 10.2 Å². The molecule has 2 aliphatic heterocycles. The maximum absolute atomic E-state index is 13.0. The fourth-order valence-electron chi connectivity index (χ4n) is 3.92. The Labute approximate surface area is 181 Å². The van der Waals surface area contributed by atoms with Crippen molar-refractivity contribution in [3.05, 3.63) is 52.5 Å². The number of ether oxygens (including phenoxy) is 2. The number of rotatable bonds is 4. The van der Waals surface area contributed by atoms with Crippen LogP contribution in [0.3, 0.4) is 0 Å². The van der Waals surface area contributed by atoms with Gasteiger partial charge in [0.2, 0.25) is 11.7 Å². The van der Waals surface area contributed by atoms with Crippen LogP contribution in [0.4, 0.5) is 0 Å². The molecular formula is C21H20BrN5O3. The average Bonchev–Trinajstić information content (AvgIpc) is 3.44. The summed E-state index contributed by atoms with van der Waals surface area (Å²) in [5.74, 6) is 1.98. The molecule has 2 aliphatic rings. The monoisotopic (exact) mass is 469 g/mol. The molecule has 5 rings (SSSR count). The van der Waals surface area contributed by atoms with Crippen molar-refractivity contribution in [1.82, 2.24) is 25.1 Å². The number of aromatic nitrogens is 4. The van der Waals surface area contributed by atoms with Crippen molar-refractivity contribution in [2.45, 2.75) is 25.4 Å². The smallest absolute Gasteiger partial charge is 0.246 e. The van der Waals surface area contributed by atoms with Gasteiger partial charge in [0.1, 0.15) is 19.8 Å². The zero-order valence-corrected chi connectivity index (χ0v) is 17.8. The molecule has 0 N–H and O–H groups in total. The predicted molar refractivity (Wildman–Crippen MR) is 112 cm³/mol. The van der Waals surface area contributed by atoms with E-state index in [-0.39, 0.29) is 18.5 Å². The fraction of sp³-hybridized carbons (Fsp3) is 0.333. The second-order valence-corrected chi connectivity index (χ2v) is 8.21. The minimum atomic E-state index is -0.0212. The summed E-state index contributed by atoms with van der Waals surface area (Å²) in [4.78, 5) is 16.3. The number of tetrazole rings is 1. The van der Waals surface area contributed by atoms with Crippen molar-refractivity contribution in [1.29, 1.82) is 0 Å². The number of carbonyl (C=O) groups is 1. The van der Waals surface area contributed by atoms with Gasteiger partial charge in [-0.1, -0.05) is 22.0 Å². The van der Waals surface area contributed by atoms with E-state index < -0.39 is 0 Å². The Morgan fingerprint density at radius 1 is 1.10 bits per heavy atom. The number of carbonyl (C=O) groups excluding carboxylic acids is 1. The van der Waals surface area contributed by atoms with Crippen molar-refractivity contribution >= 4 is 21.8 Å². The Kier molecular flexibility index (Phi) is 5.12. The molecule has 0 aliphatic carbocycles. The molecule has 9 heteroatoms. The number of halogens is 1. The Balaban J connectivity index is 1.30. The van der Waals surface area contributed by atoms with Crippen molar-refractivity contribution in [3.63, 3.8) is 0 Å². The number of fused-ring (bicyclic) bond motifs is 1. The van der Waals surface area contributed by atoms with Crippen molar-refractivity contribution < 1.29 is 14.3 Å². The summed E-state index contributed by atoms with van der Waals surface area (Å²) in [6.07, 6.45) is 1.88. The summed E-state index contributed by atoms with van der Waals surface area (Å²) in [7, 11) is 0. The first kappa shape index (κ1) is 19.0. The lowest BCUT2D eigenvalue weighted by atomic mass is 10.0. The molecule has 1 atom stereocenters. The number of hydrogen-bond donors (Lipinski definition) is 0. The van der Waals surface area contributed by atoms with E-state index in [4.69, 9.17) is 9.47 Å². The molecule has 1 fully saturated rings. The highest BCUT2D eigenvalue weighted by molar-refractivity contribution is 9.10. The third-order valence-electron chi connectivity index (χ3n) is 5.36. The summed E-state index contributed by atoms with van der Waals surface area (Å²) in [6.45, 7) is 1.88. The van der Waals surface area contributed by atoms with Gasteiger partial charge in [-0.2, -0.15) is 4.80 Å². The first-order chi connectivity index (χ1) is 14.7. The van der Waals surface area contributed by atoms with E-state index in [9.17, 15) is 4.79 Å². The lowest BCUT2D eigenvalue weighted by Gasteiger charge is -2.26. The van der Waals surface area contributed by atoms with Crippen LogP contribution in [0.15, 0.2) is 46.9 Å². The lowest BCUT2D eigenvalue weighted by Crippen LogP contribution is -2.34. The van der Waals surface area contributed by atoms with Gasteiger partial charge in [-0.3, -0.25) is 4.79 Å². The third kappa shape index (κ3) is 3.77. The van der Waals surface area contributed by atoms with Crippen LogP contribution >= 0.6 is 15.9 Å². The molecule has 0 saturated carbocycles. The molecule has 3 aromatic rings. The van der Waals surface area contributed by atoms with Crippen molar-refractivity contribution in [2.75, 3.05) is 19.8 Å². The molecule has 8 nitrogen and oxygen atoms in total. The minimum Gasteiger partial charge on any atom is -0.486 e. The Hall–Kier alpha value is -2.94. The molecule has 1 unspecified atom stereocenters. The van der Waals surface area contributed by atoms with Crippen LogP contribution in [-0.2, 0) is 11.3 Å². The molecule has 3 heterocycles. The van der Waals surface area contributed by atoms with Gasteiger partial charge < -0.3 is 14.4 Å². The highest BCUT2D eigenvalue weighted by atomic mass is 79.9. The van der Waals surface area contributed by atoms with Gasteiger partial charge in [0.15, 0.2) is 11.5 Å².